The number of thiazole rings is 1. The molecular weight excluding hydrogens is 396 g/mol. The quantitative estimate of drug-likeness (QED) is 0.336. The maximum Gasteiger partial charge on any atom is 0.255 e. The number of hydrogen-bond donors (Lipinski definition) is 2. The van der Waals surface area contributed by atoms with Gasteiger partial charge in [-0.25, -0.2) is 4.98 Å². The van der Waals surface area contributed by atoms with Gasteiger partial charge < -0.3 is 10.1 Å². The van der Waals surface area contributed by atoms with E-state index in [4.69, 9.17) is 4.74 Å². The van der Waals surface area contributed by atoms with Gasteiger partial charge >= 0.3 is 0 Å². The fraction of sp³-hybridized carbons (Fsp3) is 0.348. The van der Waals surface area contributed by atoms with Crippen LogP contribution in [0.15, 0.2) is 35.4 Å². The number of fused-ring (bicyclic) bond motifs is 1. The van der Waals surface area contributed by atoms with Crippen molar-refractivity contribution >= 4 is 44.0 Å². The highest BCUT2D eigenvalue weighted by atomic mass is 32.1. The predicted octanol–water partition coefficient (Wildman–Crippen LogP) is 6.15. The first kappa shape index (κ1) is 21.8. The molecule has 0 spiro atoms. The van der Waals surface area contributed by atoms with Gasteiger partial charge in [-0.2, -0.15) is 5.10 Å². The topological polar surface area (TPSA) is 75.6 Å². The summed E-state index contributed by atoms with van der Waals surface area (Å²) in [4.78, 5) is 17.4. The second-order valence-electron chi connectivity index (χ2n) is 7.20. The fourth-order valence-corrected chi connectivity index (χ4v) is 3.85. The van der Waals surface area contributed by atoms with E-state index in [2.05, 4.69) is 34.7 Å². The number of ether oxygens (including phenoxy) is 1. The Labute approximate surface area is 181 Å². The Morgan fingerprint density at radius 1 is 1.20 bits per heavy atom. The number of nitrogens with one attached hydrogen (secondary N) is 2. The number of anilines is 2. The molecule has 6 nitrogen and oxygen atoms in total. The molecule has 0 atom stereocenters. The molecule has 0 aliphatic rings. The Balaban J connectivity index is 1.82. The lowest BCUT2D eigenvalue weighted by Gasteiger charge is -2.13. The minimum absolute atomic E-state index is 0.145. The van der Waals surface area contributed by atoms with Crippen molar-refractivity contribution in [3.63, 3.8) is 0 Å². The Kier molecular flexibility index (Phi) is 7.05. The monoisotopic (exact) mass is 424 g/mol. The molecule has 0 bridgehead atoms. The van der Waals surface area contributed by atoms with Crippen molar-refractivity contribution in [3.8, 4) is 5.75 Å². The molecule has 2 N–H and O–H groups in total. The summed E-state index contributed by atoms with van der Waals surface area (Å²) in [5.41, 5.74) is 8.34. The molecule has 0 radical (unpaired) electrons. The average molecular weight is 425 g/mol. The van der Waals surface area contributed by atoms with Crippen molar-refractivity contribution in [2.45, 2.75) is 47.5 Å². The van der Waals surface area contributed by atoms with Gasteiger partial charge in [0.25, 0.3) is 5.91 Å². The zero-order valence-electron chi connectivity index (χ0n) is 18.1. The van der Waals surface area contributed by atoms with E-state index in [1.165, 1.54) is 11.3 Å². The van der Waals surface area contributed by atoms with Gasteiger partial charge in [0, 0.05) is 17.0 Å². The molecule has 0 fully saturated rings. The number of hydrazone groups is 1. The Morgan fingerprint density at radius 3 is 2.60 bits per heavy atom. The van der Waals surface area contributed by atoms with Crippen molar-refractivity contribution in [1.29, 1.82) is 0 Å². The molecule has 0 aliphatic heterocycles. The number of nitrogens with zero attached hydrogens (tertiary/aromatic N) is 2. The van der Waals surface area contributed by atoms with Crippen LogP contribution in [-0.4, -0.2) is 23.2 Å². The van der Waals surface area contributed by atoms with Gasteiger partial charge in [-0.3, -0.25) is 10.2 Å². The van der Waals surface area contributed by atoms with Crippen LogP contribution >= 0.6 is 11.3 Å². The molecule has 3 aromatic rings. The van der Waals surface area contributed by atoms with Gasteiger partial charge in [-0.15, -0.1) is 0 Å². The lowest BCUT2D eigenvalue weighted by molar-refractivity contribution is 0.102. The Hall–Kier alpha value is -2.93. The first-order valence-corrected chi connectivity index (χ1v) is 11.0. The molecule has 0 aliphatic carbocycles. The number of hydrogen-bond acceptors (Lipinski definition) is 6. The highest BCUT2D eigenvalue weighted by Crippen LogP contribution is 2.35. The Bertz CT molecular complexity index is 1070. The third-order valence-electron chi connectivity index (χ3n) is 4.80. The number of aromatic nitrogens is 1. The first-order valence-electron chi connectivity index (χ1n) is 10.2. The number of benzene rings is 2. The van der Waals surface area contributed by atoms with E-state index in [0.29, 0.717) is 12.2 Å². The zero-order valence-corrected chi connectivity index (χ0v) is 18.9. The summed E-state index contributed by atoms with van der Waals surface area (Å²) in [6.07, 6.45) is 1.83. The molecule has 1 amide bonds. The molecular formula is C23H28N4O2S. The molecule has 0 unspecified atom stereocenters. The maximum absolute atomic E-state index is 12.8. The number of aryl methyl sites for hydroxylation is 2. The fourth-order valence-electron chi connectivity index (χ4n) is 2.96. The van der Waals surface area contributed by atoms with E-state index < -0.39 is 0 Å². The highest BCUT2D eigenvalue weighted by Gasteiger charge is 2.15. The minimum Gasteiger partial charge on any atom is -0.494 e. The molecule has 2 aromatic carbocycles. The van der Waals surface area contributed by atoms with Gasteiger partial charge in [0.2, 0.25) is 5.13 Å². The molecule has 0 saturated carbocycles. The van der Waals surface area contributed by atoms with Gasteiger partial charge in [-0.05, 0) is 75.1 Å². The van der Waals surface area contributed by atoms with E-state index in [1.807, 2.05) is 39.0 Å². The van der Waals surface area contributed by atoms with Crippen LogP contribution in [-0.2, 0) is 0 Å². The molecule has 1 aromatic heterocycles. The summed E-state index contributed by atoms with van der Waals surface area (Å²) in [5, 5.41) is 8.14. The van der Waals surface area contributed by atoms with Crippen LogP contribution in [0.1, 0.15) is 55.1 Å². The zero-order chi connectivity index (χ0) is 21.7. The summed E-state index contributed by atoms with van der Waals surface area (Å²) < 4.78 is 6.62. The number of amides is 1. The van der Waals surface area contributed by atoms with Crippen molar-refractivity contribution in [2.75, 3.05) is 17.3 Å². The van der Waals surface area contributed by atoms with E-state index >= 15 is 0 Å². The largest absolute Gasteiger partial charge is 0.494 e. The van der Waals surface area contributed by atoms with Crippen LogP contribution in [0.25, 0.3) is 10.2 Å². The molecule has 3 rings (SSSR count). The van der Waals surface area contributed by atoms with Crippen LogP contribution < -0.4 is 15.5 Å². The summed E-state index contributed by atoms with van der Waals surface area (Å²) in [6.45, 7) is 10.8. The standard InChI is InChI=1S/C23H28N4O2S/c1-6-12-29-18-10-8-17(9-11-18)22(28)25-20-14(3)13-19-21(16(20)5)30-23(24-19)27-26-15(4)7-2/h8-11,13H,6-7,12H2,1-5H3,(H,24,27)(H,25,28)/b26-15+. The van der Waals surface area contributed by atoms with Crippen molar-refractivity contribution < 1.29 is 9.53 Å². The smallest absolute Gasteiger partial charge is 0.255 e. The van der Waals surface area contributed by atoms with Crippen LogP contribution in [0.5, 0.6) is 5.75 Å². The summed E-state index contributed by atoms with van der Waals surface area (Å²) >= 11 is 1.53. The molecule has 158 valence electrons. The van der Waals surface area contributed by atoms with Crippen molar-refractivity contribution in [3.05, 3.63) is 47.0 Å². The lowest BCUT2D eigenvalue weighted by Crippen LogP contribution is -2.13. The van der Waals surface area contributed by atoms with Crippen molar-refractivity contribution in [1.82, 2.24) is 4.98 Å². The molecule has 0 saturated heterocycles. The van der Waals surface area contributed by atoms with E-state index in [0.717, 1.165) is 56.5 Å². The number of carbonyl (C=O) groups excluding carboxylic acids is 1. The van der Waals surface area contributed by atoms with Gasteiger partial charge in [0.05, 0.1) is 16.8 Å². The first-order chi connectivity index (χ1) is 14.4. The maximum atomic E-state index is 12.8. The predicted molar refractivity (Wildman–Crippen MR) is 126 cm³/mol. The van der Waals surface area contributed by atoms with Crippen LogP contribution in [0.2, 0.25) is 0 Å². The van der Waals surface area contributed by atoms with Crippen LogP contribution in [0.4, 0.5) is 10.8 Å². The lowest BCUT2D eigenvalue weighted by atomic mass is 10.1. The van der Waals surface area contributed by atoms with E-state index in [9.17, 15) is 4.79 Å². The second kappa shape index (κ2) is 9.71. The highest BCUT2D eigenvalue weighted by molar-refractivity contribution is 7.22. The van der Waals surface area contributed by atoms with Gasteiger partial charge in [0.1, 0.15) is 5.75 Å². The minimum atomic E-state index is -0.145. The summed E-state index contributed by atoms with van der Waals surface area (Å²) in [7, 11) is 0. The van der Waals surface area contributed by atoms with E-state index in [1.54, 1.807) is 12.1 Å². The van der Waals surface area contributed by atoms with Crippen molar-refractivity contribution in [2.24, 2.45) is 5.10 Å². The van der Waals surface area contributed by atoms with Gasteiger partial charge in [-0.1, -0.05) is 25.2 Å². The SMILES string of the molecule is CCCOc1ccc(C(=O)Nc2c(C)cc3nc(N/N=C(\C)CC)sc3c2C)cc1. The third kappa shape index (κ3) is 4.97. The van der Waals surface area contributed by atoms with E-state index in [-0.39, 0.29) is 5.91 Å². The van der Waals surface area contributed by atoms with Gasteiger partial charge in [0.15, 0.2) is 0 Å². The second-order valence-corrected chi connectivity index (χ2v) is 8.20. The normalized spacial score (nSPS) is 11.6. The van der Waals surface area contributed by atoms with Crippen LogP contribution in [0.3, 0.4) is 0 Å². The molecule has 7 heteroatoms. The van der Waals surface area contributed by atoms with Crippen LogP contribution in [0, 0.1) is 13.8 Å². The third-order valence-corrected chi connectivity index (χ3v) is 5.89. The average Bonchev–Trinajstić information content (AvgIpc) is 3.16. The Morgan fingerprint density at radius 2 is 1.93 bits per heavy atom. The summed E-state index contributed by atoms with van der Waals surface area (Å²) in [5.74, 6) is 0.626. The molecule has 1 heterocycles. The number of carbonyl (C=O) groups is 1. The molecule has 30 heavy (non-hydrogen) atoms. The summed E-state index contributed by atoms with van der Waals surface area (Å²) in [6, 6.07) is 9.22. The number of rotatable bonds is 8.